The summed E-state index contributed by atoms with van der Waals surface area (Å²) in [5, 5.41) is 17.1. The molecule has 1 rings (SSSR count). The van der Waals surface area contributed by atoms with Crippen molar-refractivity contribution < 1.29 is 19.8 Å². The van der Waals surface area contributed by atoms with Crippen molar-refractivity contribution in [1.82, 2.24) is 4.98 Å². The maximum Gasteiger partial charge on any atom is 0.371 e. The van der Waals surface area contributed by atoms with E-state index in [2.05, 4.69) is 4.98 Å². The maximum absolute atomic E-state index is 11.2. The second-order valence-electron chi connectivity index (χ2n) is 2.41. The summed E-state index contributed by atoms with van der Waals surface area (Å²) in [5.41, 5.74) is 0.0836. The van der Waals surface area contributed by atoms with Crippen LogP contribution in [0.2, 0.25) is 0 Å². The average molecular weight is 193 g/mol. The quantitative estimate of drug-likeness (QED) is 0.421. The van der Waals surface area contributed by atoms with E-state index in [4.69, 9.17) is 10.2 Å². The predicted molar refractivity (Wildman–Crippen MR) is 46.9 cm³/mol. The molecule has 0 bridgehead atoms. The Hall–Kier alpha value is -2.17. The fourth-order valence-electron chi connectivity index (χ4n) is 0.768. The lowest BCUT2D eigenvalue weighted by molar-refractivity contribution is -0.135. The summed E-state index contributed by atoms with van der Waals surface area (Å²) in [6.07, 6.45) is 2.02. The first-order valence-electron chi connectivity index (χ1n) is 3.70. The molecule has 5 heteroatoms. The van der Waals surface area contributed by atoms with Crippen molar-refractivity contribution in [3.63, 3.8) is 0 Å². The number of carboxylic acids is 1. The second kappa shape index (κ2) is 4.18. The van der Waals surface area contributed by atoms with E-state index in [0.717, 1.165) is 0 Å². The van der Waals surface area contributed by atoms with E-state index in [0.29, 0.717) is 6.08 Å². The number of aromatic nitrogens is 1. The number of carbonyl (C=O) groups is 2. The fourth-order valence-corrected chi connectivity index (χ4v) is 0.768. The summed E-state index contributed by atoms with van der Waals surface area (Å²) in [7, 11) is 0. The Labute approximate surface area is 79.3 Å². The molecule has 0 aromatic carbocycles. The van der Waals surface area contributed by atoms with Crippen LogP contribution in [0.3, 0.4) is 0 Å². The van der Waals surface area contributed by atoms with Gasteiger partial charge in [-0.15, -0.1) is 0 Å². The molecule has 14 heavy (non-hydrogen) atoms. The Bertz CT molecular complexity index is 383. The van der Waals surface area contributed by atoms with Crippen LogP contribution in [0, 0.1) is 0 Å². The summed E-state index contributed by atoms with van der Waals surface area (Å²) in [6.45, 7) is 0. The Kier molecular flexibility index (Phi) is 2.96. The van der Waals surface area contributed by atoms with Crippen LogP contribution < -0.4 is 0 Å². The molecule has 1 heterocycles. The molecule has 0 atom stereocenters. The maximum atomic E-state index is 11.2. The SMILES string of the molecule is O=C(O)/C(O)=C\C(=O)c1ccccn1. The normalized spacial score (nSPS) is 11.0. The van der Waals surface area contributed by atoms with Gasteiger partial charge in [-0.2, -0.15) is 0 Å². The van der Waals surface area contributed by atoms with E-state index in [1.165, 1.54) is 12.3 Å². The van der Waals surface area contributed by atoms with E-state index < -0.39 is 17.5 Å². The molecule has 2 N–H and O–H groups in total. The van der Waals surface area contributed by atoms with Gasteiger partial charge in [-0.25, -0.2) is 4.79 Å². The molecule has 72 valence electrons. The van der Waals surface area contributed by atoms with Gasteiger partial charge in [0, 0.05) is 12.3 Å². The summed E-state index contributed by atoms with van der Waals surface area (Å²) in [4.78, 5) is 25.1. The number of aliphatic hydroxyl groups is 1. The number of rotatable bonds is 3. The molecule has 1 aromatic rings. The third-order valence-corrected chi connectivity index (χ3v) is 1.40. The van der Waals surface area contributed by atoms with Gasteiger partial charge in [0.15, 0.2) is 0 Å². The van der Waals surface area contributed by atoms with Gasteiger partial charge in [-0.1, -0.05) is 6.07 Å². The minimum Gasteiger partial charge on any atom is -0.502 e. The van der Waals surface area contributed by atoms with Crippen LogP contribution in [-0.4, -0.2) is 26.9 Å². The predicted octanol–water partition coefficient (Wildman–Crippen LogP) is 0.791. The Morgan fingerprint density at radius 3 is 2.50 bits per heavy atom. The van der Waals surface area contributed by atoms with Crippen LogP contribution in [0.15, 0.2) is 36.2 Å². The van der Waals surface area contributed by atoms with E-state index >= 15 is 0 Å². The largest absolute Gasteiger partial charge is 0.502 e. The molecule has 0 aliphatic heterocycles. The van der Waals surface area contributed by atoms with Crippen LogP contribution in [-0.2, 0) is 4.79 Å². The number of hydrogen-bond donors (Lipinski definition) is 2. The molecule has 0 aliphatic rings. The van der Waals surface area contributed by atoms with Gasteiger partial charge in [-0.3, -0.25) is 9.78 Å². The van der Waals surface area contributed by atoms with Gasteiger partial charge in [0.1, 0.15) is 5.69 Å². The van der Waals surface area contributed by atoms with Crippen molar-refractivity contribution in [2.45, 2.75) is 0 Å². The fraction of sp³-hybridized carbons (Fsp3) is 0. The molecule has 0 saturated heterocycles. The molecule has 0 spiro atoms. The van der Waals surface area contributed by atoms with Crippen LogP contribution in [0.4, 0.5) is 0 Å². The standard InChI is InChI=1S/C9H7NO4/c11-7(5-8(12)9(13)14)6-3-1-2-4-10-6/h1-5,12H,(H,13,14)/b8-5+. The molecular formula is C9H7NO4. The number of aliphatic hydroxyl groups excluding tert-OH is 1. The summed E-state index contributed by atoms with van der Waals surface area (Å²) in [6, 6.07) is 4.64. The number of nitrogens with zero attached hydrogens (tertiary/aromatic N) is 1. The van der Waals surface area contributed by atoms with Crippen LogP contribution in [0.5, 0.6) is 0 Å². The van der Waals surface area contributed by atoms with Crippen LogP contribution in [0.1, 0.15) is 10.5 Å². The van der Waals surface area contributed by atoms with Crippen molar-refractivity contribution in [3.8, 4) is 0 Å². The lowest BCUT2D eigenvalue weighted by Gasteiger charge is -1.93. The first-order chi connectivity index (χ1) is 6.61. The van der Waals surface area contributed by atoms with Crippen molar-refractivity contribution >= 4 is 11.8 Å². The Morgan fingerprint density at radius 2 is 2.00 bits per heavy atom. The molecule has 5 nitrogen and oxygen atoms in total. The highest BCUT2D eigenvalue weighted by atomic mass is 16.4. The molecule has 0 unspecified atom stereocenters. The first kappa shape index (κ1) is 9.91. The van der Waals surface area contributed by atoms with Crippen molar-refractivity contribution in [3.05, 3.63) is 41.9 Å². The number of ketones is 1. The molecule has 0 fully saturated rings. The van der Waals surface area contributed by atoms with Crippen molar-refractivity contribution in [1.29, 1.82) is 0 Å². The molecule has 0 amide bonds. The van der Waals surface area contributed by atoms with Crippen LogP contribution >= 0.6 is 0 Å². The topological polar surface area (TPSA) is 87.5 Å². The molecule has 1 aromatic heterocycles. The minimum atomic E-state index is -1.55. The van der Waals surface area contributed by atoms with E-state index in [9.17, 15) is 9.59 Å². The van der Waals surface area contributed by atoms with Crippen molar-refractivity contribution in [2.75, 3.05) is 0 Å². The summed E-state index contributed by atoms with van der Waals surface area (Å²) < 4.78 is 0. The number of carbonyl (C=O) groups excluding carboxylic acids is 1. The van der Waals surface area contributed by atoms with Gasteiger partial charge in [0.2, 0.25) is 11.5 Å². The number of carboxylic acid groups (broad SMARTS) is 1. The molecule has 0 radical (unpaired) electrons. The lowest BCUT2D eigenvalue weighted by atomic mass is 10.2. The Morgan fingerprint density at radius 1 is 1.29 bits per heavy atom. The monoisotopic (exact) mass is 193 g/mol. The molecule has 0 saturated carbocycles. The zero-order valence-electron chi connectivity index (χ0n) is 7.04. The third-order valence-electron chi connectivity index (χ3n) is 1.40. The third kappa shape index (κ3) is 2.41. The first-order valence-corrected chi connectivity index (χ1v) is 3.70. The highest BCUT2D eigenvalue weighted by molar-refractivity contribution is 6.06. The number of pyridine rings is 1. The second-order valence-corrected chi connectivity index (χ2v) is 2.41. The summed E-state index contributed by atoms with van der Waals surface area (Å²) >= 11 is 0. The smallest absolute Gasteiger partial charge is 0.371 e. The van der Waals surface area contributed by atoms with E-state index in [1.54, 1.807) is 12.1 Å². The van der Waals surface area contributed by atoms with Crippen LogP contribution in [0.25, 0.3) is 0 Å². The minimum absolute atomic E-state index is 0.0836. The number of aliphatic carboxylic acids is 1. The van der Waals surface area contributed by atoms with E-state index in [-0.39, 0.29) is 5.69 Å². The molecule has 0 aliphatic carbocycles. The van der Waals surface area contributed by atoms with Gasteiger partial charge < -0.3 is 10.2 Å². The highest BCUT2D eigenvalue weighted by Gasteiger charge is 2.09. The zero-order chi connectivity index (χ0) is 10.6. The Balaban J connectivity index is 2.88. The molecular weight excluding hydrogens is 186 g/mol. The van der Waals surface area contributed by atoms with Gasteiger partial charge in [0.25, 0.3) is 0 Å². The van der Waals surface area contributed by atoms with Gasteiger partial charge >= 0.3 is 5.97 Å². The van der Waals surface area contributed by atoms with Gasteiger partial charge in [-0.05, 0) is 12.1 Å². The number of hydrogen-bond acceptors (Lipinski definition) is 4. The highest BCUT2D eigenvalue weighted by Crippen LogP contribution is 1.98. The average Bonchev–Trinajstić information content (AvgIpc) is 2.19. The van der Waals surface area contributed by atoms with Gasteiger partial charge in [0.05, 0.1) is 0 Å². The van der Waals surface area contributed by atoms with E-state index in [1.807, 2.05) is 0 Å². The lowest BCUT2D eigenvalue weighted by Crippen LogP contribution is -2.04. The zero-order valence-corrected chi connectivity index (χ0v) is 7.04. The van der Waals surface area contributed by atoms with Crippen molar-refractivity contribution in [2.24, 2.45) is 0 Å². The number of allylic oxidation sites excluding steroid dienone is 1. The summed E-state index contributed by atoms with van der Waals surface area (Å²) in [5.74, 6) is -3.19.